The molecule has 4 heteroatoms. The van der Waals surface area contributed by atoms with Gasteiger partial charge in [-0.2, -0.15) is 0 Å². The second-order valence-corrected chi connectivity index (χ2v) is 9.89. The van der Waals surface area contributed by atoms with Crippen molar-refractivity contribution in [3.05, 3.63) is 106 Å². The van der Waals surface area contributed by atoms with Crippen molar-refractivity contribution >= 4 is 0 Å². The highest BCUT2D eigenvalue weighted by atomic mass is 16.5. The molecule has 4 rings (SSSR count). The minimum atomic E-state index is -0.00974. The van der Waals surface area contributed by atoms with Crippen LogP contribution in [0.25, 0.3) is 11.1 Å². The first-order valence-electron chi connectivity index (χ1n) is 13.3. The smallest absolute Gasteiger partial charge is 0.122 e. The predicted octanol–water partition coefficient (Wildman–Crippen LogP) is 8.35. The molecule has 0 aliphatic carbocycles. The van der Waals surface area contributed by atoms with Gasteiger partial charge in [-0.15, -0.1) is 0 Å². The maximum Gasteiger partial charge on any atom is 0.122 e. The maximum atomic E-state index is 11.3. The van der Waals surface area contributed by atoms with E-state index < -0.39 is 0 Å². The van der Waals surface area contributed by atoms with Crippen LogP contribution in [0.1, 0.15) is 72.4 Å². The molecular formula is C34H38O4. The third kappa shape index (κ3) is 5.35. The number of hydrogen-bond donors (Lipinski definition) is 2. The molecule has 38 heavy (non-hydrogen) atoms. The second kappa shape index (κ2) is 11.6. The Morgan fingerprint density at radius 1 is 0.684 bits per heavy atom. The van der Waals surface area contributed by atoms with E-state index in [-0.39, 0.29) is 11.8 Å². The second-order valence-electron chi connectivity index (χ2n) is 9.89. The molecule has 0 saturated carbocycles. The summed E-state index contributed by atoms with van der Waals surface area (Å²) in [4.78, 5) is 0. The zero-order chi connectivity index (χ0) is 27.4. The van der Waals surface area contributed by atoms with Crippen LogP contribution < -0.4 is 9.47 Å². The lowest BCUT2D eigenvalue weighted by Crippen LogP contribution is -2.03. The summed E-state index contributed by atoms with van der Waals surface area (Å²) in [5, 5.41) is 22.3. The predicted molar refractivity (Wildman–Crippen MR) is 155 cm³/mol. The highest BCUT2D eigenvalue weighted by Crippen LogP contribution is 2.42. The van der Waals surface area contributed by atoms with Crippen LogP contribution in [0.3, 0.4) is 0 Å². The molecule has 2 atom stereocenters. The Bertz CT molecular complexity index is 1390. The Hall–Kier alpha value is -3.92. The van der Waals surface area contributed by atoms with Gasteiger partial charge in [-0.1, -0.05) is 45.0 Å². The monoisotopic (exact) mass is 510 g/mol. The van der Waals surface area contributed by atoms with E-state index in [0.717, 1.165) is 68.8 Å². The van der Waals surface area contributed by atoms with Gasteiger partial charge >= 0.3 is 0 Å². The number of rotatable bonds is 9. The normalized spacial score (nSPS) is 12.7. The Morgan fingerprint density at radius 3 is 1.74 bits per heavy atom. The molecule has 4 aromatic rings. The van der Waals surface area contributed by atoms with E-state index in [0.29, 0.717) is 11.5 Å². The SMILES string of the molecule is CCc1cc(-c2cc(C)c(O)c(C(C)c3ccc(OC)cc3)c2)cc(C(CC)c2ccc(OC)cc2)c1O. The molecule has 0 spiro atoms. The van der Waals surface area contributed by atoms with Crippen LogP contribution in [-0.4, -0.2) is 24.4 Å². The van der Waals surface area contributed by atoms with Crippen molar-refractivity contribution in [2.75, 3.05) is 14.2 Å². The van der Waals surface area contributed by atoms with Gasteiger partial charge in [0, 0.05) is 23.0 Å². The lowest BCUT2D eigenvalue weighted by atomic mass is 9.84. The Balaban J connectivity index is 1.82. The van der Waals surface area contributed by atoms with Crippen LogP contribution in [-0.2, 0) is 6.42 Å². The summed E-state index contributed by atoms with van der Waals surface area (Å²) in [6, 6.07) is 24.4. The Kier molecular flexibility index (Phi) is 8.31. The van der Waals surface area contributed by atoms with Gasteiger partial charge in [0.15, 0.2) is 0 Å². The Morgan fingerprint density at radius 2 is 1.21 bits per heavy atom. The van der Waals surface area contributed by atoms with E-state index in [2.05, 4.69) is 51.1 Å². The number of aromatic hydroxyl groups is 2. The third-order valence-electron chi connectivity index (χ3n) is 7.65. The van der Waals surface area contributed by atoms with Gasteiger partial charge in [0.25, 0.3) is 0 Å². The van der Waals surface area contributed by atoms with Crippen molar-refractivity contribution in [1.82, 2.24) is 0 Å². The average molecular weight is 511 g/mol. The lowest BCUT2D eigenvalue weighted by molar-refractivity contribution is 0.414. The molecule has 198 valence electrons. The molecular weight excluding hydrogens is 472 g/mol. The molecule has 0 aliphatic heterocycles. The summed E-state index contributed by atoms with van der Waals surface area (Å²) >= 11 is 0. The standard InChI is InChI=1S/C34H38O4/c1-7-23-18-27(20-32(34(23)36)30(8-2)25-11-15-29(38-6)16-12-25)26-17-21(3)33(35)31(19-26)22(4)24-9-13-28(37-5)14-10-24/h9-20,22,30,35-36H,7-8H2,1-6H3. The summed E-state index contributed by atoms with van der Waals surface area (Å²) in [6.45, 7) is 8.26. The van der Waals surface area contributed by atoms with E-state index in [4.69, 9.17) is 9.47 Å². The minimum absolute atomic E-state index is 0.00974. The minimum Gasteiger partial charge on any atom is -0.507 e. The molecule has 4 nitrogen and oxygen atoms in total. The van der Waals surface area contributed by atoms with Crippen LogP contribution in [0.15, 0.2) is 72.8 Å². The first-order valence-corrected chi connectivity index (χ1v) is 13.3. The van der Waals surface area contributed by atoms with Crippen LogP contribution in [0.4, 0.5) is 0 Å². The largest absolute Gasteiger partial charge is 0.507 e. The van der Waals surface area contributed by atoms with Gasteiger partial charge in [0.1, 0.15) is 23.0 Å². The number of phenols is 2. The summed E-state index contributed by atoms with van der Waals surface area (Å²) in [5.74, 6) is 2.33. The number of hydrogen-bond acceptors (Lipinski definition) is 4. The molecule has 4 aromatic carbocycles. The summed E-state index contributed by atoms with van der Waals surface area (Å²) in [6.07, 6.45) is 1.57. The van der Waals surface area contributed by atoms with Crippen molar-refractivity contribution < 1.29 is 19.7 Å². The highest BCUT2D eigenvalue weighted by molar-refractivity contribution is 5.72. The van der Waals surface area contributed by atoms with Gasteiger partial charge in [0.2, 0.25) is 0 Å². The summed E-state index contributed by atoms with van der Waals surface area (Å²) in [7, 11) is 3.32. The number of ether oxygens (including phenoxy) is 2. The molecule has 0 radical (unpaired) electrons. The number of benzene rings is 4. The van der Waals surface area contributed by atoms with Gasteiger partial charge in [-0.05, 0) is 102 Å². The first-order chi connectivity index (χ1) is 18.3. The number of methoxy groups -OCH3 is 2. The summed E-state index contributed by atoms with van der Waals surface area (Å²) in [5.41, 5.74) is 7.83. The Labute approximate surface area is 226 Å². The zero-order valence-electron chi connectivity index (χ0n) is 23.2. The van der Waals surface area contributed by atoms with E-state index in [1.807, 2.05) is 49.4 Å². The summed E-state index contributed by atoms with van der Waals surface area (Å²) < 4.78 is 10.7. The number of phenolic OH excluding ortho intramolecular Hbond substituents is 2. The molecule has 2 N–H and O–H groups in total. The van der Waals surface area contributed by atoms with Gasteiger partial charge in [-0.3, -0.25) is 0 Å². The van der Waals surface area contributed by atoms with Crippen molar-refractivity contribution in [2.24, 2.45) is 0 Å². The quantitative estimate of drug-likeness (QED) is 0.238. The maximum absolute atomic E-state index is 11.3. The molecule has 0 saturated heterocycles. The van der Waals surface area contributed by atoms with Crippen molar-refractivity contribution in [3.8, 4) is 34.1 Å². The highest BCUT2D eigenvalue weighted by Gasteiger charge is 2.22. The van der Waals surface area contributed by atoms with Crippen LogP contribution in [0, 0.1) is 6.92 Å². The van der Waals surface area contributed by atoms with E-state index in [1.54, 1.807) is 14.2 Å². The zero-order valence-corrected chi connectivity index (χ0v) is 23.2. The molecule has 0 fully saturated rings. The van der Waals surface area contributed by atoms with Crippen molar-refractivity contribution in [2.45, 2.75) is 52.4 Å². The molecule has 0 heterocycles. The average Bonchev–Trinajstić information content (AvgIpc) is 2.95. The molecule has 0 amide bonds. The number of aryl methyl sites for hydroxylation is 2. The fraction of sp³-hybridized carbons (Fsp3) is 0.294. The lowest BCUT2D eigenvalue weighted by Gasteiger charge is -2.22. The van der Waals surface area contributed by atoms with Gasteiger partial charge in [0.05, 0.1) is 14.2 Å². The van der Waals surface area contributed by atoms with E-state index in [1.165, 1.54) is 0 Å². The van der Waals surface area contributed by atoms with Gasteiger partial charge < -0.3 is 19.7 Å². The van der Waals surface area contributed by atoms with Crippen molar-refractivity contribution in [3.63, 3.8) is 0 Å². The van der Waals surface area contributed by atoms with E-state index >= 15 is 0 Å². The van der Waals surface area contributed by atoms with Crippen LogP contribution >= 0.6 is 0 Å². The van der Waals surface area contributed by atoms with Crippen LogP contribution in [0.2, 0.25) is 0 Å². The van der Waals surface area contributed by atoms with Gasteiger partial charge in [-0.25, -0.2) is 0 Å². The molecule has 0 aromatic heterocycles. The topological polar surface area (TPSA) is 58.9 Å². The third-order valence-corrected chi connectivity index (χ3v) is 7.65. The van der Waals surface area contributed by atoms with E-state index in [9.17, 15) is 10.2 Å². The molecule has 0 bridgehead atoms. The van der Waals surface area contributed by atoms with Crippen LogP contribution in [0.5, 0.6) is 23.0 Å². The molecule has 0 aliphatic rings. The van der Waals surface area contributed by atoms with Crippen molar-refractivity contribution in [1.29, 1.82) is 0 Å². The fourth-order valence-corrected chi connectivity index (χ4v) is 5.27. The first kappa shape index (κ1) is 27.1. The fourth-order valence-electron chi connectivity index (χ4n) is 5.27. The molecule has 2 unspecified atom stereocenters.